The molecule has 1 amide bonds. The van der Waals surface area contributed by atoms with Crippen LogP contribution in [0.2, 0.25) is 0 Å². The van der Waals surface area contributed by atoms with E-state index in [0.29, 0.717) is 5.75 Å². The minimum atomic E-state index is -0.371. The van der Waals surface area contributed by atoms with E-state index in [2.05, 4.69) is 12.2 Å². The summed E-state index contributed by atoms with van der Waals surface area (Å²) < 4.78 is 5.16. The quantitative estimate of drug-likeness (QED) is 0.738. The maximum absolute atomic E-state index is 11.6. The highest BCUT2D eigenvalue weighted by Crippen LogP contribution is 2.09. The van der Waals surface area contributed by atoms with Crippen molar-refractivity contribution in [3.63, 3.8) is 0 Å². The molecule has 1 aromatic rings. The second kappa shape index (κ2) is 8.56. The maximum atomic E-state index is 11.6. The van der Waals surface area contributed by atoms with Crippen LogP contribution in [0, 0.1) is 0 Å². The number of hydrogen-bond acceptors (Lipinski definition) is 2. The molecule has 3 heteroatoms. The minimum Gasteiger partial charge on any atom is -0.410 e. The molecule has 1 aromatic carbocycles. The van der Waals surface area contributed by atoms with Gasteiger partial charge in [0.15, 0.2) is 0 Å². The van der Waals surface area contributed by atoms with Gasteiger partial charge in [-0.05, 0) is 25.5 Å². The molecule has 0 aliphatic heterocycles. The molecule has 0 aliphatic carbocycles. The molecule has 0 fully saturated rings. The van der Waals surface area contributed by atoms with Crippen molar-refractivity contribution in [1.29, 1.82) is 0 Å². The topological polar surface area (TPSA) is 38.3 Å². The van der Waals surface area contributed by atoms with Crippen LogP contribution in [0.15, 0.2) is 30.3 Å². The lowest BCUT2D eigenvalue weighted by molar-refractivity contribution is 0.196. The molecule has 0 saturated carbocycles. The first-order chi connectivity index (χ1) is 8.72. The van der Waals surface area contributed by atoms with Gasteiger partial charge in [-0.1, -0.05) is 50.8 Å². The molecular weight excluding hydrogens is 226 g/mol. The third-order valence-corrected chi connectivity index (χ3v) is 2.81. The van der Waals surface area contributed by atoms with E-state index in [1.54, 1.807) is 12.1 Å². The van der Waals surface area contributed by atoms with Crippen LogP contribution < -0.4 is 10.1 Å². The summed E-state index contributed by atoms with van der Waals surface area (Å²) in [5.41, 5.74) is 0. The van der Waals surface area contributed by atoms with Crippen LogP contribution in [0.3, 0.4) is 0 Å². The van der Waals surface area contributed by atoms with Crippen LogP contribution in [0.5, 0.6) is 5.75 Å². The molecule has 0 aliphatic rings. The molecule has 0 aromatic heterocycles. The number of unbranched alkanes of at least 4 members (excludes halogenated alkanes) is 3. The van der Waals surface area contributed by atoms with Crippen molar-refractivity contribution in [2.45, 2.75) is 52.0 Å². The number of carbonyl (C=O) groups is 1. The van der Waals surface area contributed by atoms with Gasteiger partial charge in [0.1, 0.15) is 5.75 Å². The summed E-state index contributed by atoms with van der Waals surface area (Å²) >= 11 is 0. The number of nitrogens with one attached hydrogen (secondary N) is 1. The van der Waals surface area contributed by atoms with Gasteiger partial charge in [-0.15, -0.1) is 0 Å². The maximum Gasteiger partial charge on any atom is 0.412 e. The number of benzene rings is 1. The summed E-state index contributed by atoms with van der Waals surface area (Å²) in [5, 5.41) is 2.84. The molecule has 1 unspecified atom stereocenters. The van der Waals surface area contributed by atoms with Gasteiger partial charge in [0, 0.05) is 6.04 Å². The van der Waals surface area contributed by atoms with Crippen LogP contribution in [0.25, 0.3) is 0 Å². The van der Waals surface area contributed by atoms with Crippen LogP contribution in [0.4, 0.5) is 4.79 Å². The van der Waals surface area contributed by atoms with Crippen molar-refractivity contribution >= 4 is 6.09 Å². The highest BCUT2D eigenvalue weighted by atomic mass is 16.6. The lowest BCUT2D eigenvalue weighted by atomic mass is 10.1. The molecule has 0 radical (unpaired) electrons. The number of carbonyl (C=O) groups excluding carboxylic acids is 1. The van der Waals surface area contributed by atoms with Gasteiger partial charge in [0.05, 0.1) is 0 Å². The molecule has 1 rings (SSSR count). The van der Waals surface area contributed by atoms with Crippen LogP contribution in [-0.2, 0) is 0 Å². The monoisotopic (exact) mass is 249 g/mol. The summed E-state index contributed by atoms with van der Waals surface area (Å²) in [6, 6.07) is 9.28. The van der Waals surface area contributed by atoms with Crippen molar-refractivity contribution in [1.82, 2.24) is 5.32 Å². The Kier molecular flexibility index (Phi) is 6.92. The Morgan fingerprint density at radius 2 is 1.94 bits per heavy atom. The highest BCUT2D eigenvalue weighted by molar-refractivity contribution is 5.70. The SMILES string of the molecule is CCCCCCC(C)NC(=O)Oc1ccccc1. The first-order valence-electron chi connectivity index (χ1n) is 6.75. The molecule has 3 nitrogen and oxygen atoms in total. The summed E-state index contributed by atoms with van der Waals surface area (Å²) in [4.78, 5) is 11.6. The third kappa shape index (κ3) is 6.28. The van der Waals surface area contributed by atoms with Gasteiger partial charge >= 0.3 is 6.09 Å². The minimum absolute atomic E-state index is 0.165. The van der Waals surface area contributed by atoms with Gasteiger partial charge in [-0.2, -0.15) is 0 Å². The number of amides is 1. The number of rotatable bonds is 7. The van der Waals surface area contributed by atoms with Crippen LogP contribution >= 0.6 is 0 Å². The van der Waals surface area contributed by atoms with Crippen molar-refractivity contribution in [3.8, 4) is 5.75 Å². The first kappa shape index (κ1) is 14.6. The molecular formula is C15H23NO2. The fourth-order valence-corrected chi connectivity index (χ4v) is 1.78. The Morgan fingerprint density at radius 1 is 1.22 bits per heavy atom. The molecule has 1 atom stereocenters. The van der Waals surface area contributed by atoms with E-state index in [0.717, 1.165) is 12.8 Å². The zero-order chi connectivity index (χ0) is 13.2. The number of para-hydroxylation sites is 1. The van der Waals surface area contributed by atoms with Gasteiger partial charge in [0.2, 0.25) is 0 Å². The summed E-state index contributed by atoms with van der Waals surface area (Å²) in [6.45, 7) is 4.21. The fourth-order valence-electron chi connectivity index (χ4n) is 1.78. The molecule has 0 saturated heterocycles. The zero-order valence-corrected chi connectivity index (χ0v) is 11.3. The lowest BCUT2D eigenvalue weighted by Gasteiger charge is -2.13. The van der Waals surface area contributed by atoms with Gasteiger partial charge in [-0.25, -0.2) is 4.79 Å². The smallest absolute Gasteiger partial charge is 0.410 e. The Labute approximate surface area is 110 Å². The highest BCUT2D eigenvalue weighted by Gasteiger charge is 2.08. The predicted molar refractivity (Wildman–Crippen MR) is 73.8 cm³/mol. The van der Waals surface area contributed by atoms with E-state index in [9.17, 15) is 4.79 Å². The zero-order valence-electron chi connectivity index (χ0n) is 11.3. The van der Waals surface area contributed by atoms with E-state index in [4.69, 9.17) is 4.74 Å². The molecule has 0 spiro atoms. The molecule has 1 N–H and O–H groups in total. The third-order valence-electron chi connectivity index (χ3n) is 2.81. The lowest BCUT2D eigenvalue weighted by Crippen LogP contribution is -2.34. The molecule has 0 heterocycles. The Hall–Kier alpha value is -1.51. The van der Waals surface area contributed by atoms with Crippen molar-refractivity contribution in [2.75, 3.05) is 0 Å². The summed E-state index contributed by atoms with van der Waals surface area (Å²) in [7, 11) is 0. The van der Waals surface area contributed by atoms with E-state index in [1.165, 1.54) is 19.3 Å². The summed E-state index contributed by atoms with van der Waals surface area (Å²) in [5.74, 6) is 0.577. The van der Waals surface area contributed by atoms with Crippen LogP contribution in [0.1, 0.15) is 46.0 Å². The average Bonchev–Trinajstić information content (AvgIpc) is 2.35. The van der Waals surface area contributed by atoms with E-state index in [-0.39, 0.29) is 12.1 Å². The summed E-state index contributed by atoms with van der Waals surface area (Å²) in [6.07, 6.45) is 5.52. The van der Waals surface area contributed by atoms with Crippen molar-refractivity contribution < 1.29 is 9.53 Å². The van der Waals surface area contributed by atoms with Gasteiger partial charge < -0.3 is 10.1 Å². The van der Waals surface area contributed by atoms with Gasteiger partial charge in [0.25, 0.3) is 0 Å². The average molecular weight is 249 g/mol. The standard InChI is InChI=1S/C15H23NO2/c1-3-4-5-7-10-13(2)16-15(17)18-14-11-8-6-9-12-14/h6,8-9,11-13H,3-5,7,10H2,1-2H3,(H,16,17). The fraction of sp³-hybridized carbons (Fsp3) is 0.533. The van der Waals surface area contributed by atoms with E-state index < -0.39 is 0 Å². The molecule has 100 valence electrons. The van der Waals surface area contributed by atoms with Crippen molar-refractivity contribution in [3.05, 3.63) is 30.3 Å². The largest absolute Gasteiger partial charge is 0.412 e. The molecule has 0 bridgehead atoms. The Balaban J connectivity index is 2.19. The second-order valence-corrected chi connectivity index (χ2v) is 4.60. The van der Waals surface area contributed by atoms with Crippen LogP contribution in [-0.4, -0.2) is 12.1 Å². The second-order valence-electron chi connectivity index (χ2n) is 4.60. The van der Waals surface area contributed by atoms with Crippen molar-refractivity contribution in [2.24, 2.45) is 0 Å². The van der Waals surface area contributed by atoms with E-state index in [1.807, 2.05) is 25.1 Å². The Morgan fingerprint density at radius 3 is 2.61 bits per heavy atom. The Bertz CT molecular complexity index is 338. The predicted octanol–water partition coefficient (Wildman–Crippen LogP) is 4.13. The van der Waals surface area contributed by atoms with E-state index >= 15 is 0 Å². The number of hydrogen-bond donors (Lipinski definition) is 1. The molecule has 18 heavy (non-hydrogen) atoms. The normalized spacial score (nSPS) is 11.9. The number of ether oxygens (including phenoxy) is 1. The van der Waals surface area contributed by atoms with Gasteiger partial charge in [-0.3, -0.25) is 0 Å². The first-order valence-corrected chi connectivity index (χ1v) is 6.75.